The number of hydrogen-bond acceptors (Lipinski definition) is 4. The average Bonchev–Trinajstić information content (AvgIpc) is 2.08. The third kappa shape index (κ3) is 1.42. The Kier molecular flexibility index (Phi) is 1.75. The quantitative estimate of drug-likeness (QED) is 0.630. The first-order valence-electron chi connectivity index (χ1n) is 3.06. The molecule has 0 unspecified atom stereocenters. The maximum Gasteiger partial charge on any atom is 0.180 e. The Morgan fingerprint density at radius 3 is 2.09 bits per heavy atom. The Morgan fingerprint density at radius 2 is 1.91 bits per heavy atom. The van der Waals surface area contributed by atoms with Crippen LogP contribution in [0.25, 0.3) is 0 Å². The number of aryl methyl sites for hydroxylation is 2. The maximum atomic E-state index is 11.0. The van der Waals surface area contributed by atoms with Gasteiger partial charge in [0, 0.05) is 6.26 Å². The fraction of sp³-hybridized carbons (Fsp3) is 0.500. The lowest BCUT2D eigenvalue weighted by Crippen LogP contribution is -1.99. The van der Waals surface area contributed by atoms with E-state index in [0.29, 0.717) is 11.5 Å². The first-order chi connectivity index (χ1) is 4.93. The zero-order chi connectivity index (χ0) is 8.65. The number of rotatable bonds is 1. The summed E-state index contributed by atoms with van der Waals surface area (Å²) in [4.78, 5) is 0.206. The molecule has 0 radical (unpaired) electrons. The van der Waals surface area contributed by atoms with Crippen LogP contribution in [0.1, 0.15) is 11.5 Å². The predicted octanol–water partition coefficient (Wildman–Crippen LogP) is 0.695. The van der Waals surface area contributed by atoms with Crippen LogP contribution in [0.3, 0.4) is 0 Å². The van der Waals surface area contributed by atoms with Crippen LogP contribution < -0.4 is 0 Å². The summed E-state index contributed by atoms with van der Waals surface area (Å²) in [6, 6.07) is 0. The molecular formula is C6H9NO3S. The van der Waals surface area contributed by atoms with Crippen LogP contribution >= 0.6 is 0 Å². The highest BCUT2D eigenvalue weighted by Crippen LogP contribution is 2.17. The molecule has 0 aliphatic rings. The van der Waals surface area contributed by atoms with E-state index in [1.165, 1.54) is 0 Å². The summed E-state index contributed by atoms with van der Waals surface area (Å²) in [7, 11) is -3.18. The molecule has 0 aliphatic carbocycles. The Morgan fingerprint density at radius 1 is 1.36 bits per heavy atom. The Balaban J connectivity index is 3.45. The summed E-state index contributed by atoms with van der Waals surface area (Å²) in [6.07, 6.45) is 1.14. The Hall–Kier alpha value is -0.840. The molecule has 62 valence electrons. The lowest BCUT2D eigenvalue weighted by molar-refractivity contribution is 0.390. The monoisotopic (exact) mass is 175 g/mol. The van der Waals surface area contributed by atoms with Crippen LogP contribution in [0.15, 0.2) is 9.42 Å². The summed E-state index contributed by atoms with van der Waals surface area (Å²) in [6.45, 7) is 3.18. The van der Waals surface area contributed by atoms with Crippen molar-refractivity contribution in [2.24, 2.45) is 0 Å². The van der Waals surface area contributed by atoms with Crippen LogP contribution in [-0.4, -0.2) is 19.8 Å². The molecule has 0 amide bonds. The van der Waals surface area contributed by atoms with E-state index < -0.39 is 9.84 Å². The fourth-order valence-electron chi connectivity index (χ4n) is 1.00. The predicted molar refractivity (Wildman–Crippen MR) is 39.1 cm³/mol. The van der Waals surface area contributed by atoms with E-state index in [-0.39, 0.29) is 4.90 Å². The number of sulfone groups is 1. The summed E-state index contributed by atoms with van der Waals surface area (Å²) in [5.41, 5.74) is 0.421. The van der Waals surface area contributed by atoms with E-state index in [9.17, 15) is 8.42 Å². The first kappa shape index (κ1) is 8.26. The van der Waals surface area contributed by atoms with E-state index in [2.05, 4.69) is 5.16 Å². The van der Waals surface area contributed by atoms with Crippen LogP contribution in [0.5, 0.6) is 0 Å². The third-order valence-corrected chi connectivity index (χ3v) is 2.66. The molecule has 1 aromatic rings. The van der Waals surface area contributed by atoms with Crippen molar-refractivity contribution in [3.05, 3.63) is 11.5 Å². The number of hydrogen-bond donors (Lipinski definition) is 0. The van der Waals surface area contributed by atoms with Crippen molar-refractivity contribution < 1.29 is 12.9 Å². The van der Waals surface area contributed by atoms with Crippen molar-refractivity contribution >= 4 is 9.84 Å². The maximum absolute atomic E-state index is 11.0. The van der Waals surface area contributed by atoms with Gasteiger partial charge in [-0.05, 0) is 13.8 Å². The molecule has 1 aromatic heterocycles. The fourth-order valence-corrected chi connectivity index (χ4v) is 2.14. The van der Waals surface area contributed by atoms with Crippen molar-refractivity contribution in [1.29, 1.82) is 0 Å². The molecule has 0 bridgehead atoms. The van der Waals surface area contributed by atoms with E-state index in [1.54, 1.807) is 13.8 Å². The molecule has 1 rings (SSSR count). The minimum absolute atomic E-state index is 0.206. The summed E-state index contributed by atoms with van der Waals surface area (Å²) in [5, 5.41) is 3.53. The zero-order valence-electron chi connectivity index (χ0n) is 6.58. The molecule has 0 aromatic carbocycles. The highest BCUT2D eigenvalue weighted by molar-refractivity contribution is 7.90. The number of aromatic nitrogens is 1. The minimum Gasteiger partial charge on any atom is -0.360 e. The summed E-state index contributed by atoms with van der Waals surface area (Å²) >= 11 is 0. The van der Waals surface area contributed by atoms with Crippen molar-refractivity contribution in [1.82, 2.24) is 5.16 Å². The molecule has 1 heterocycles. The Labute approximate surface area is 65.1 Å². The lowest BCUT2D eigenvalue weighted by atomic mass is 10.4. The highest BCUT2D eigenvalue weighted by atomic mass is 32.2. The lowest BCUT2D eigenvalue weighted by Gasteiger charge is -1.92. The van der Waals surface area contributed by atoms with Crippen molar-refractivity contribution in [3.63, 3.8) is 0 Å². The second-order valence-electron chi connectivity index (χ2n) is 2.43. The molecule has 0 atom stereocenters. The van der Waals surface area contributed by atoms with Crippen molar-refractivity contribution in [2.75, 3.05) is 6.26 Å². The molecule has 0 saturated carbocycles. The van der Waals surface area contributed by atoms with Gasteiger partial charge < -0.3 is 4.52 Å². The van der Waals surface area contributed by atoms with E-state index in [4.69, 9.17) is 4.52 Å². The van der Waals surface area contributed by atoms with Gasteiger partial charge in [0.05, 0.1) is 5.69 Å². The van der Waals surface area contributed by atoms with Gasteiger partial charge in [-0.2, -0.15) is 0 Å². The summed E-state index contributed by atoms with van der Waals surface area (Å²) < 4.78 is 26.8. The zero-order valence-corrected chi connectivity index (χ0v) is 7.40. The van der Waals surface area contributed by atoms with Gasteiger partial charge in [0.25, 0.3) is 0 Å². The minimum atomic E-state index is -3.18. The normalized spacial score (nSPS) is 11.9. The van der Waals surface area contributed by atoms with Crippen LogP contribution in [-0.2, 0) is 9.84 Å². The third-order valence-electron chi connectivity index (χ3n) is 1.34. The van der Waals surface area contributed by atoms with Crippen molar-refractivity contribution in [2.45, 2.75) is 18.7 Å². The van der Waals surface area contributed by atoms with Crippen LogP contribution in [0.2, 0.25) is 0 Å². The molecular weight excluding hydrogens is 166 g/mol. The highest BCUT2D eigenvalue weighted by Gasteiger charge is 2.18. The number of nitrogens with zero attached hydrogens (tertiary/aromatic N) is 1. The van der Waals surface area contributed by atoms with E-state index in [1.807, 2.05) is 0 Å². The molecule has 0 spiro atoms. The van der Waals surface area contributed by atoms with Gasteiger partial charge in [0.2, 0.25) is 0 Å². The topological polar surface area (TPSA) is 60.2 Å². The molecule has 5 heteroatoms. The largest absolute Gasteiger partial charge is 0.360 e. The van der Waals surface area contributed by atoms with Gasteiger partial charge in [0.15, 0.2) is 15.6 Å². The van der Waals surface area contributed by atoms with Gasteiger partial charge in [-0.25, -0.2) is 8.42 Å². The SMILES string of the molecule is Cc1noc(C)c1S(C)(=O)=O. The molecule has 0 aliphatic heterocycles. The van der Waals surface area contributed by atoms with Gasteiger partial charge in [0.1, 0.15) is 4.90 Å². The molecule has 11 heavy (non-hydrogen) atoms. The van der Waals surface area contributed by atoms with Gasteiger partial charge in [-0.15, -0.1) is 0 Å². The average molecular weight is 175 g/mol. The molecule has 4 nitrogen and oxygen atoms in total. The molecule has 0 saturated heterocycles. The van der Waals surface area contributed by atoms with Gasteiger partial charge in [-0.1, -0.05) is 5.16 Å². The van der Waals surface area contributed by atoms with Crippen molar-refractivity contribution in [3.8, 4) is 0 Å². The van der Waals surface area contributed by atoms with E-state index in [0.717, 1.165) is 6.26 Å². The molecule has 0 N–H and O–H groups in total. The second kappa shape index (κ2) is 2.34. The van der Waals surface area contributed by atoms with Gasteiger partial charge >= 0.3 is 0 Å². The van der Waals surface area contributed by atoms with Crippen LogP contribution in [0.4, 0.5) is 0 Å². The summed E-state index contributed by atoms with van der Waals surface area (Å²) in [5.74, 6) is 0.352. The van der Waals surface area contributed by atoms with Gasteiger partial charge in [-0.3, -0.25) is 0 Å². The standard InChI is InChI=1S/C6H9NO3S/c1-4-6(11(3,8)9)5(2)10-7-4/h1-3H3. The van der Waals surface area contributed by atoms with Crippen LogP contribution in [0, 0.1) is 13.8 Å². The second-order valence-corrected chi connectivity index (χ2v) is 4.38. The Bertz CT molecular complexity index is 344. The van der Waals surface area contributed by atoms with E-state index >= 15 is 0 Å². The first-order valence-corrected chi connectivity index (χ1v) is 4.95. The molecule has 0 fully saturated rings. The smallest absolute Gasteiger partial charge is 0.180 e.